The number of carbonyl (C=O) groups excluding carboxylic acids is 2. The van der Waals surface area contributed by atoms with Gasteiger partial charge in [-0.25, -0.2) is 0 Å². The van der Waals surface area contributed by atoms with Crippen LogP contribution >= 0.6 is 0 Å². The minimum Gasteiger partial charge on any atom is -0.368 e. The van der Waals surface area contributed by atoms with Gasteiger partial charge >= 0.3 is 0 Å². The molecule has 2 unspecified atom stereocenters. The zero-order chi connectivity index (χ0) is 14.3. The summed E-state index contributed by atoms with van der Waals surface area (Å²) in [4.78, 5) is 25.6. The summed E-state index contributed by atoms with van der Waals surface area (Å²) < 4.78 is 5.28. The van der Waals surface area contributed by atoms with Crippen LogP contribution in [0.1, 0.15) is 19.8 Å². The van der Waals surface area contributed by atoms with E-state index in [4.69, 9.17) is 4.74 Å². The molecule has 1 aliphatic rings. The van der Waals surface area contributed by atoms with E-state index in [1.165, 1.54) is 0 Å². The highest BCUT2D eigenvalue weighted by Crippen LogP contribution is 2.12. The number of nitrogens with one attached hydrogen (secondary N) is 1. The first-order valence-corrected chi connectivity index (χ1v) is 6.52. The lowest BCUT2D eigenvalue weighted by Gasteiger charge is -2.24. The highest BCUT2D eigenvalue weighted by molar-refractivity contribution is 5.89. The van der Waals surface area contributed by atoms with Crippen molar-refractivity contribution >= 4 is 11.8 Å². The SMILES string of the molecule is C=CCN(CC=C)C(=O)C(C)NC(=O)C1CCCO1. The van der Waals surface area contributed by atoms with E-state index in [2.05, 4.69) is 18.5 Å². The Hall–Kier alpha value is -1.62. The van der Waals surface area contributed by atoms with Crippen LogP contribution in [0, 0.1) is 0 Å². The normalized spacial score (nSPS) is 19.5. The molecule has 0 bridgehead atoms. The number of hydrogen-bond acceptors (Lipinski definition) is 3. The molecule has 0 aromatic heterocycles. The standard InChI is InChI=1S/C14H22N2O3/c1-4-8-16(9-5-2)14(18)11(3)15-13(17)12-7-6-10-19-12/h4-5,11-12H,1-2,6-10H2,3H3,(H,15,17). The van der Waals surface area contributed by atoms with Gasteiger partial charge < -0.3 is 15.0 Å². The first-order chi connectivity index (χ1) is 9.10. The van der Waals surface area contributed by atoms with Crippen molar-refractivity contribution in [1.29, 1.82) is 0 Å². The molecule has 0 saturated carbocycles. The van der Waals surface area contributed by atoms with Crippen molar-refractivity contribution in [2.75, 3.05) is 19.7 Å². The summed E-state index contributed by atoms with van der Waals surface area (Å²) in [6.07, 6.45) is 4.49. The number of rotatable bonds is 7. The summed E-state index contributed by atoms with van der Waals surface area (Å²) >= 11 is 0. The average Bonchev–Trinajstić information content (AvgIpc) is 2.91. The average molecular weight is 266 g/mol. The molecule has 0 aromatic rings. The van der Waals surface area contributed by atoms with Crippen molar-refractivity contribution in [3.63, 3.8) is 0 Å². The number of amides is 2. The second-order valence-electron chi connectivity index (χ2n) is 4.55. The van der Waals surface area contributed by atoms with Gasteiger partial charge in [0.15, 0.2) is 0 Å². The van der Waals surface area contributed by atoms with Gasteiger partial charge in [-0.2, -0.15) is 0 Å². The molecule has 2 amide bonds. The quantitative estimate of drug-likeness (QED) is 0.696. The predicted octanol–water partition coefficient (Wildman–Crippen LogP) is 0.871. The zero-order valence-electron chi connectivity index (χ0n) is 11.4. The zero-order valence-corrected chi connectivity index (χ0v) is 11.4. The summed E-state index contributed by atoms with van der Waals surface area (Å²) in [6, 6.07) is -0.573. The third-order valence-electron chi connectivity index (χ3n) is 2.96. The molecule has 0 radical (unpaired) electrons. The molecule has 0 aromatic carbocycles. The fourth-order valence-electron chi connectivity index (χ4n) is 1.99. The van der Waals surface area contributed by atoms with Gasteiger partial charge in [0.05, 0.1) is 0 Å². The van der Waals surface area contributed by atoms with Gasteiger partial charge in [0.1, 0.15) is 12.1 Å². The van der Waals surface area contributed by atoms with Crippen molar-refractivity contribution in [2.24, 2.45) is 0 Å². The Morgan fingerprint density at radius 3 is 2.53 bits per heavy atom. The summed E-state index contributed by atoms with van der Waals surface area (Å²) in [5.74, 6) is -0.360. The fraction of sp³-hybridized carbons (Fsp3) is 0.571. The Morgan fingerprint density at radius 1 is 1.42 bits per heavy atom. The van der Waals surface area contributed by atoms with Crippen LogP contribution in [0.4, 0.5) is 0 Å². The molecule has 1 heterocycles. The van der Waals surface area contributed by atoms with Crippen LogP contribution in [0.15, 0.2) is 25.3 Å². The van der Waals surface area contributed by atoms with E-state index in [1.807, 2.05) is 0 Å². The first kappa shape index (κ1) is 15.4. The van der Waals surface area contributed by atoms with Crippen LogP contribution in [0.3, 0.4) is 0 Å². The van der Waals surface area contributed by atoms with Crippen LogP contribution in [-0.4, -0.2) is 48.6 Å². The molecular weight excluding hydrogens is 244 g/mol. The van der Waals surface area contributed by atoms with Crippen molar-refractivity contribution in [3.8, 4) is 0 Å². The smallest absolute Gasteiger partial charge is 0.249 e. The van der Waals surface area contributed by atoms with Crippen LogP contribution < -0.4 is 5.32 Å². The van der Waals surface area contributed by atoms with E-state index >= 15 is 0 Å². The maximum atomic E-state index is 12.1. The Bertz CT molecular complexity index is 339. The lowest BCUT2D eigenvalue weighted by Crippen LogP contribution is -2.49. The van der Waals surface area contributed by atoms with Gasteiger partial charge in [0, 0.05) is 19.7 Å². The molecule has 1 aliphatic heterocycles. The van der Waals surface area contributed by atoms with Gasteiger partial charge in [-0.3, -0.25) is 9.59 Å². The van der Waals surface area contributed by atoms with Crippen LogP contribution in [0.2, 0.25) is 0 Å². The summed E-state index contributed by atoms with van der Waals surface area (Å²) in [5.41, 5.74) is 0. The molecule has 1 rings (SSSR count). The summed E-state index contributed by atoms with van der Waals surface area (Å²) in [5, 5.41) is 2.70. The summed E-state index contributed by atoms with van der Waals surface area (Å²) in [7, 11) is 0. The Balaban J connectivity index is 2.51. The van der Waals surface area contributed by atoms with Crippen LogP contribution in [0.5, 0.6) is 0 Å². The topological polar surface area (TPSA) is 58.6 Å². The van der Waals surface area contributed by atoms with E-state index in [1.54, 1.807) is 24.0 Å². The monoisotopic (exact) mass is 266 g/mol. The van der Waals surface area contributed by atoms with E-state index in [9.17, 15) is 9.59 Å². The van der Waals surface area contributed by atoms with Gasteiger partial charge in [-0.05, 0) is 19.8 Å². The highest BCUT2D eigenvalue weighted by atomic mass is 16.5. The maximum absolute atomic E-state index is 12.1. The molecule has 0 aliphatic carbocycles. The van der Waals surface area contributed by atoms with E-state index in [0.717, 1.165) is 12.8 Å². The largest absolute Gasteiger partial charge is 0.368 e. The Kier molecular flexibility index (Phi) is 6.29. The first-order valence-electron chi connectivity index (χ1n) is 6.52. The lowest BCUT2D eigenvalue weighted by atomic mass is 10.2. The summed E-state index contributed by atoms with van der Waals surface area (Å²) in [6.45, 7) is 10.4. The minimum atomic E-state index is -0.573. The highest BCUT2D eigenvalue weighted by Gasteiger charge is 2.27. The lowest BCUT2D eigenvalue weighted by molar-refractivity contribution is -0.138. The van der Waals surface area contributed by atoms with Crippen molar-refractivity contribution in [3.05, 3.63) is 25.3 Å². The number of ether oxygens (including phenoxy) is 1. The van der Waals surface area contributed by atoms with Gasteiger partial charge in [-0.15, -0.1) is 13.2 Å². The second kappa shape index (κ2) is 7.74. The Labute approximate surface area is 114 Å². The Morgan fingerprint density at radius 2 is 2.05 bits per heavy atom. The molecular formula is C14H22N2O3. The van der Waals surface area contributed by atoms with Crippen LogP contribution in [-0.2, 0) is 14.3 Å². The predicted molar refractivity (Wildman–Crippen MR) is 73.6 cm³/mol. The molecule has 106 valence electrons. The second-order valence-corrected chi connectivity index (χ2v) is 4.55. The molecule has 2 atom stereocenters. The number of carbonyl (C=O) groups is 2. The van der Waals surface area contributed by atoms with Crippen molar-refractivity contribution < 1.29 is 14.3 Å². The molecule has 1 saturated heterocycles. The van der Waals surface area contributed by atoms with Gasteiger partial charge in [-0.1, -0.05) is 12.2 Å². The van der Waals surface area contributed by atoms with Crippen LogP contribution in [0.25, 0.3) is 0 Å². The fourth-order valence-corrected chi connectivity index (χ4v) is 1.99. The van der Waals surface area contributed by atoms with E-state index in [0.29, 0.717) is 19.7 Å². The third-order valence-corrected chi connectivity index (χ3v) is 2.96. The number of nitrogens with zero attached hydrogens (tertiary/aromatic N) is 1. The molecule has 0 spiro atoms. The van der Waals surface area contributed by atoms with E-state index < -0.39 is 12.1 Å². The molecule has 5 heteroatoms. The van der Waals surface area contributed by atoms with E-state index in [-0.39, 0.29) is 11.8 Å². The van der Waals surface area contributed by atoms with Crippen molar-refractivity contribution in [2.45, 2.75) is 31.9 Å². The maximum Gasteiger partial charge on any atom is 0.249 e. The molecule has 5 nitrogen and oxygen atoms in total. The third kappa shape index (κ3) is 4.52. The molecule has 19 heavy (non-hydrogen) atoms. The van der Waals surface area contributed by atoms with Gasteiger partial charge in [0.25, 0.3) is 0 Å². The minimum absolute atomic E-state index is 0.147. The number of hydrogen-bond donors (Lipinski definition) is 1. The molecule has 1 N–H and O–H groups in total. The van der Waals surface area contributed by atoms with Crippen molar-refractivity contribution in [1.82, 2.24) is 10.2 Å². The molecule has 1 fully saturated rings. The van der Waals surface area contributed by atoms with Gasteiger partial charge in [0.2, 0.25) is 11.8 Å².